The highest BCUT2D eigenvalue weighted by atomic mass is 16.3. The Morgan fingerprint density at radius 3 is 2.40 bits per heavy atom. The topological polar surface area (TPSA) is 78.4 Å². The van der Waals surface area contributed by atoms with E-state index in [1.54, 1.807) is 0 Å². The van der Waals surface area contributed by atoms with E-state index in [0.29, 0.717) is 12.3 Å². The lowest BCUT2D eigenvalue weighted by Crippen LogP contribution is -2.53. The van der Waals surface area contributed by atoms with Crippen LogP contribution in [0.5, 0.6) is 0 Å². The molecular formula is C15H26N2O3. The minimum atomic E-state index is -0.452. The first-order valence-corrected chi connectivity index (χ1v) is 7.82. The van der Waals surface area contributed by atoms with E-state index in [2.05, 4.69) is 10.6 Å². The van der Waals surface area contributed by atoms with E-state index in [1.165, 1.54) is 13.3 Å². The Hall–Kier alpha value is -1.10. The Kier molecular flexibility index (Phi) is 5.40. The maximum atomic E-state index is 12.3. The molecule has 3 N–H and O–H groups in total. The van der Waals surface area contributed by atoms with E-state index >= 15 is 0 Å². The quantitative estimate of drug-likeness (QED) is 0.706. The van der Waals surface area contributed by atoms with Crippen molar-refractivity contribution in [2.75, 3.05) is 0 Å². The van der Waals surface area contributed by atoms with Crippen LogP contribution >= 0.6 is 0 Å². The number of carbonyl (C=O) groups is 2. The number of carbonyl (C=O) groups excluding carboxylic acids is 2. The fraction of sp³-hybridized carbons (Fsp3) is 0.867. The molecule has 0 aliphatic heterocycles. The maximum absolute atomic E-state index is 12.3. The van der Waals surface area contributed by atoms with Gasteiger partial charge in [-0.25, -0.2) is 0 Å². The van der Waals surface area contributed by atoms with Crippen LogP contribution in [-0.2, 0) is 9.59 Å². The van der Waals surface area contributed by atoms with Crippen molar-refractivity contribution in [3.8, 4) is 0 Å². The van der Waals surface area contributed by atoms with Crippen molar-refractivity contribution in [2.24, 2.45) is 5.92 Å². The maximum Gasteiger partial charge on any atom is 0.242 e. The van der Waals surface area contributed by atoms with E-state index in [0.717, 1.165) is 38.5 Å². The van der Waals surface area contributed by atoms with Gasteiger partial charge in [0.05, 0.1) is 12.1 Å². The molecule has 0 unspecified atom stereocenters. The zero-order valence-electron chi connectivity index (χ0n) is 12.2. The summed E-state index contributed by atoms with van der Waals surface area (Å²) >= 11 is 0. The molecule has 0 aromatic carbocycles. The Balaban J connectivity index is 1.88. The molecular weight excluding hydrogens is 256 g/mol. The molecule has 0 heterocycles. The van der Waals surface area contributed by atoms with Gasteiger partial charge in [-0.3, -0.25) is 9.59 Å². The number of nitrogens with one attached hydrogen (secondary N) is 2. The predicted octanol–water partition coefficient (Wildman–Crippen LogP) is 1.10. The SMILES string of the molecule is CC(=O)N[C@H](CC1CCC1)C(=O)N[C@@H]1CCCC[C@H]1O. The first-order valence-electron chi connectivity index (χ1n) is 7.82. The van der Waals surface area contributed by atoms with Gasteiger partial charge in [0.1, 0.15) is 6.04 Å². The third-order valence-electron chi connectivity index (χ3n) is 4.54. The second kappa shape index (κ2) is 7.07. The molecule has 0 aromatic heterocycles. The minimum Gasteiger partial charge on any atom is -0.391 e. The Labute approximate surface area is 120 Å². The van der Waals surface area contributed by atoms with Gasteiger partial charge in [-0.1, -0.05) is 32.1 Å². The summed E-state index contributed by atoms with van der Waals surface area (Å²) in [5, 5.41) is 15.6. The van der Waals surface area contributed by atoms with Crippen LogP contribution in [0, 0.1) is 5.92 Å². The molecule has 0 bridgehead atoms. The summed E-state index contributed by atoms with van der Waals surface area (Å²) in [6.45, 7) is 1.44. The number of aliphatic hydroxyl groups is 1. The predicted molar refractivity (Wildman–Crippen MR) is 76.0 cm³/mol. The summed E-state index contributed by atoms with van der Waals surface area (Å²) in [4.78, 5) is 23.6. The van der Waals surface area contributed by atoms with Crippen LogP contribution in [0.25, 0.3) is 0 Å². The average molecular weight is 282 g/mol. The zero-order chi connectivity index (χ0) is 14.5. The zero-order valence-corrected chi connectivity index (χ0v) is 12.2. The van der Waals surface area contributed by atoms with Gasteiger partial charge in [-0.2, -0.15) is 0 Å². The summed E-state index contributed by atoms with van der Waals surface area (Å²) < 4.78 is 0. The summed E-state index contributed by atoms with van der Waals surface area (Å²) in [6, 6.07) is -0.610. The summed E-state index contributed by atoms with van der Waals surface area (Å²) in [5.74, 6) is 0.237. The molecule has 2 saturated carbocycles. The Morgan fingerprint density at radius 2 is 1.85 bits per heavy atom. The van der Waals surface area contributed by atoms with E-state index in [9.17, 15) is 14.7 Å². The van der Waals surface area contributed by atoms with Crippen LogP contribution < -0.4 is 10.6 Å². The third-order valence-corrected chi connectivity index (χ3v) is 4.54. The molecule has 2 aliphatic rings. The van der Waals surface area contributed by atoms with Gasteiger partial charge in [0.2, 0.25) is 11.8 Å². The van der Waals surface area contributed by atoms with Crippen LogP contribution in [-0.4, -0.2) is 35.1 Å². The lowest BCUT2D eigenvalue weighted by molar-refractivity contribution is -0.130. The van der Waals surface area contributed by atoms with E-state index < -0.39 is 12.1 Å². The Morgan fingerprint density at radius 1 is 1.15 bits per heavy atom. The van der Waals surface area contributed by atoms with E-state index in [4.69, 9.17) is 0 Å². The summed E-state index contributed by atoms with van der Waals surface area (Å²) in [7, 11) is 0. The molecule has 2 aliphatic carbocycles. The second-order valence-electron chi connectivity index (χ2n) is 6.25. The van der Waals surface area contributed by atoms with Crippen molar-refractivity contribution in [3.05, 3.63) is 0 Å². The molecule has 5 nitrogen and oxygen atoms in total. The van der Waals surface area contributed by atoms with Gasteiger partial charge < -0.3 is 15.7 Å². The standard InChI is InChI=1S/C15H26N2O3/c1-10(18)16-13(9-11-5-4-6-11)15(20)17-12-7-2-3-8-14(12)19/h11-14,19H,2-9H2,1H3,(H,16,18)(H,17,20)/t12-,13-,14-/m1/s1. The lowest BCUT2D eigenvalue weighted by Gasteiger charge is -2.32. The molecule has 3 atom stereocenters. The highest BCUT2D eigenvalue weighted by Crippen LogP contribution is 2.30. The number of hydrogen-bond donors (Lipinski definition) is 3. The van der Waals surface area contributed by atoms with Crippen LogP contribution in [0.15, 0.2) is 0 Å². The average Bonchev–Trinajstić information content (AvgIpc) is 2.34. The van der Waals surface area contributed by atoms with Gasteiger partial charge in [0.15, 0.2) is 0 Å². The summed E-state index contributed by atoms with van der Waals surface area (Å²) in [6.07, 6.45) is 7.41. The molecule has 0 saturated heterocycles. The number of aliphatic hydroxyl groups excluding tert-OH is 1. The van der Waals surface area contributed by atoms with Crippen molar-refractivity contribution in [1.29, 1.82) is 0 Å². The van der Waals surface area contributed by atoms with Crippen molar-refractivity contribution in [2.45, 2.75) is 76.5 Å². The highest BCUT2D eigenvalue weighted by Gasteiger charge is 2.30. The number of hydrogen-bond acceptors (Lipinski definition) is 3. The molecule has 0 spiro atoms. The second-order valence-corrected chi connectivity index (χ2v) is 6.25. The molecule has 2 amide bonds. The van der Waals surface area contributed by atoms with E-state index in [-0.39, 0.29) is 17.9 Å². The molecule has 114 valence electrons. The fourth-order valence-electron chi connectivity index (χ4n) is 3.10. The number of amides is 2. The van der Waals surface area contributed by atoms with Crippen LogP contribution in [0.1, 0.15) is 58.3 Å². The molecule has 2 fully saturated rings. The molecule has 5 heteroatoms. The minimum absolute atomic E-state index is 0.141. The van der Waals surface area contributed by atoms with Crippen molar-refractivity contribution in [1.82, 2.24) is 10.6 Å². The molecule has 2 rings (SSSR count). The normalized spacial score (nSPS) is 28.3. The largest absolute Gasteiger partial charge is 0.391 e. The lowest BCUT2D eigenvalue weighted by atomic mass is 9.80. The molecule has 0 radical (unpaired) electrons. The van der Waals surface area contributed by atoms with Crippen LogP contribution in [0.4, 0.5) is 0 Å². The van der Waals surface area contributed by atoms with Gasteiger partial charge in [0.25, 0.3) is 0 Å². The van der Waals surface area contributed by atoms with Crippen molar-refractivity contribution in [3.63, 3.8) is 0 Å². The summed E-state index contributed by atoms with van der Waals surface area (Å²) in [5.41, 5.74) is 0. The van der Waals surface area contributed by atoms with Crippen LogP contribution in [0.3, 0.4) is 0 Å². The van der Waals surface area contributed by atoms with Crippen LogP contribution in [0.2, 0.25) is 0 Å². The van der Waals surface area contributed by atoms with Gasteiger partial charge in [-0.15, -0.1) is 0 Å². The van der Waals surface area contributed by atoms with Gasteiger partial charge >= 0.3 is 0 Å². The monoisotopic (exact) mass is 282 g/mol. The molecule has 20 heavy (non-hydrogen) atoms. The molecule has 0 aromatic rings. The van der Waals surface area contributed by atoms with Crippen molar-refractivity contribution >= 4 is 11.8 Å². The third kappa shape index (κ3) is 4.20. The fourth-order valence-corrected chi connectivity index (χ4v) is 3.10. The van der Waals surface area contributed by atoms with E-state index in [1.807, 2.05) is 0 Å². The van der Waals surface area contributed by atoms with Gasteiger partial charge in [-0.05, 0) is 25.2 Å². The van der Waals surface area contributed by atoms with Crippen molar-refractivity contribution < 1.29 is 14.7 Å². The first-order chi connectivity index (χ1) is 9.56. The van der Waals surface area contributed by atoms with Gasteiger partial charge in [0, 0.05) is 6.92 Å². The highest BCUT2D eigenvalue weighted by molar-refractivity contribution is 5.87. The Bertz CT molecular complexity index is 355. The smallest absolute Gasteiger partial charge is 0.242 e. The first kappa shape index (κ1) is 15.3. The number of rotatable bonds is 5.